The standard InChI is InChI=1S/C9H10F10O2.C3H5F3.CH3F/c10-3-6(9(17,18)19)21-4-20-5(8(14,15)16)1-2-7(11,12)13;1-2-3(4,5)6;1-2/h5-6H,1-4H2;2H2,1H3;1H3. The quantitative estimate of drug-likeness (QED) is 0.304. The maximum Gasteiger partial charge on any atom is 0.417 e. The Morgan fingerprint density at radius 3 is 1.24 bits per heavy atom. The van der Waals surface area contributed by atoms with Gasteiger partial charge in [0.05, 0.1) is 7.18 Å². The van der Waals surface area contributed by atoms with E-state index in [0.29, 0.717) is 7.18 Å². The molecule has 0 aromatic rings. The molecule has 0 bridgehead atoms. The van der Waals surface area contributed by atoms with E-state index in [1.54, 1.807) is 0 Å². The van der Waals surface area contributed by atoms with Gasteiger partial charge in [-0.15, -0.1) is 0 Å². The molecule has 2 nitrogen and oxygen atoms in total. The van der Waals surface area contributed by atoms with Crippen molar-refractivity contribution in [1.29, 1.82) is 0 Å². The SMILES string of the molecule is CCC(F)(F)F.CF.FCC(OCOC(CCC(F)(F)F)C(F)(F)F)C(F)(F)F. The molecule has 0 aliphatic rings. The zero-order valence-electron chi connectivity index (χ0n) is 14.8. The molecule has 2 atom stereocenters. The summed E-state index contributed by atoms with van der Waals surface area (Å²) in [5, 5.41) is 0. The third-order valence-electron chi connectivity index (χ3n) is 2.50. The van der Waals surface area contributed by atoms with Crippen LogP contribution in [-0.4, -0.2) is 57.6 Å². The van der Waals surface area contributed by atoms with Crippen molar-refractivity contribution < 1.29 is 70.9 Å². The Bertz CT molecular complexity index is 385. The molecule has 0 radical (unpaired) electrons. The number of rotatable bonds is 7. The van der Waals surface area contributed by atoms with E-state index in [0.717, 1.165) is 6.92 Å². The monoisotopic (exact) mass is 472 g/mol. The van der Waals surface area contributed by atoms with Crippen LogP contribution in [0.4, 0.5) is 61.5 Å². The third-order valence-corrected chi connectivity index (χ3v) is 2.50. The summed E-state index contributed by atoms with van der Waals surface area (Å²) in [4.78, 5) is 0. The van der Waals surface area contributed by atoms with Crippen LogP contribution in [0.1, 0.15) is 26.2 Å². The first-order valence-corrected chi connectivity index (χ1v) is 7.27. The highest BCUT2D eigenvalue weighted by Crippen LogP contribution is 2.31. The van der Waals surface area contributed by atoms with Gasteiger partial charge in [0.25, 0.3) is 0 Å². The highest BCUT2D eigenvalue weighted by Gasteiger charge is 2.44. The lowest BCUT2D eigenvalue weighted by Crippen LogP contribution is -2.37. The second-order valence-corrected chi connectivity index (χ2v) is 4.79. The van der Waals surface area contributed by atoms with Gasteiger partial charge in [-0.1, -0.05) is 6.92 Å². The molecule has 0 saturated heterocycles. The minimum absolute atomic E-state index is 0.500. The smallest absolute Gasteiger partial charge is 0.343 e. The van der Waals surface area contributed by atoms with Gasteiger partial charge in [-0.3, -0.25) is 4.39 Å². The Balaban J connectivity index is -0.000000716. The van der Waals surface area contributed by atoms with Crippen molar-refractivity contribution in [2.75, 3.05) is 20.6 Å². The summed E-state index contributed by atoms with van der Waals surface area (Å²) < 4.78 is 170. The number of halogens is 14. The van der Waals surface area contributed by atoms with Crippen molar-refractivity contribution >= 4 is 0 Å². The first kappa shape index (κ1) is 32.6. The van der Waals surface area contributed by atoms with Gasteiger partial charge in [-0.05, 0) is 6.42 Å². The van der Waals surface area contributed by atoms with E-state index in [2.05, 4.69) is 9.47 Å². The Morgan fingerprint density at radius 1 is 0.655 bits per heavy atom. The van der Waals surface area contributed by atoms with Gasteiger partial charge >= 0.3 is 24.7 Å². The highest BCUT2D eigenvalue weighted by atomic mass is 19.4. The molecular formula is C13H18F14O2. The summed E-state index contributed by atoms with van der Waals surface area (Å²) >= 11 is 0. The van der Waals surface area contributed by atoms with E-state index in [1.807, 2.05) is 0 Å². The third kappa shape index (κ3) is 21.5. The van der Waals surface area contributed by atoms with Crippen molar-refractivity contribution in [3.63, 3.8) is 0 Å². The summed E-state index contributed by atoms with van der Waals surface area (Å²) in [6.07, 6.45) is -29.3. The summed E-state index contributed by atoms with van der Waals surface area (Å²) in [6.45, 7) is -2.62. The molecule has 0 aromatic heterocycles. The van der Waals surface area contributed by atoms with Crippen LogP contribution >= 0.6 is 0 Å². The van der Waals surface area contributed by atoms with Gasteiger partial charge in [0.1, 0.15) is 13.5 Å². The van der Waals surface area contributed by atoms with E-state index in [9.17, 15) is 61.5 Å². The molecule has 0 N–H and O–H groups in total. The van der Waals surface area contributed by atoms with Gasteiger partial charge in [0, 0.05) is 12.8 Å². The number of ether oxygens (including phenoxy) is 2. The molecule has 0 fully saturated rings. The predicted molar refractivity (Wildman–Crippen MR) is 71.4 cm³/mol. The summed E-state index contributed by atoms with van der Waals surface area (Å²) in [5.74, 6) is 0. The van der Waals surface area contributed by atoms with E-state index >= 15 is 0 Å². The van der Waals surface area contributed by atoms with Gasteiger partial charge in [0.2, 0.25) is 0 Å². The van der Waals surface area contributed by atoms with E-state index in [4.69, 9.17) is 0 Å². The fourth-order valence-electron chi connectivity index (χ4n) is 1.07. The van der Waals surface area contributed by atoms with Crippen molar-refractivity contribution in [3.8, 4) is 0 Å². The number of alkyl halides is 14. The molecule has 0 rings (SSSR count). The Hall–Kier alpha value is -1.06. The number of hydrogen-bond acceptors (Lipinski definition) is 2. The van der Waals surface area contributed by atoms with Gasteiger partial charge in [-0.2, -0.15) is 52.7 Å². The molecule has 0 amide bonds. The second-order valence-electron chi connectivity index (χ2n) is 4.79. The minimum Gasteiger partial charge on any atom is -0.343 e. The van der Waals surface area contributed by atoms with Crippen molar-refractivity contribution in [3.05, 3.63) is 0 Å². The van der Waals surface area contributed by atoms with E-state index in [-0.39, 0.29) is 0 Å². The molecule has 180 valence electrons. The Morgan fingerprint density at radius 2 is 1.00 bits per heavy atom. The van der Waals surface area contributed by atoms with Crippen LogP contribution in [0.15, 0.2) is 0 Å². The molecule has 0 spiro atoms. The first-order chi connectivity index (χ1) is 12.8. The minimum atomic E-state index is -5.22. The van der Waals surface area contributed by atoms with Crippen molar-refractivity contribution in [1.82, 2.24) is 0 Å². The van der Waals surface area contributed by atoms with Crippen LogP contribution in [0.5, 0.6) is 0 Å². The Labute approximate surface area is 156 Å². The molecule has 16 heteroatoms. The highest BCUT2D eigenvalue weighted by molar-refractivity contribution is 4.70. The zero-order valence-corrected chi connectivity index (χ0v) is 14.8. The van der Waals surface area contributed by atoms with Crippen molar-refractivity contribution in [2.45, 2.75) is 63.1 Å². The van der Waals surface area contributed by atoms with Crippen molar-refractivity contribution in [2.24, 2.45) is 0 Å². The van der Waals surface area contributed by atoms with Gasteiger partial charge in [0.15, 0.2) is 12.2 Å². The van der Waals surface area contributed by atoms with Gasteiger partial charge < -0.3 is 9.47 Å². The van der Waals surface area contributed by atoms with Crippen LogP contribution in [0, 0.1) is 0 Å². The van der Waals surface area contributed by atoms with E-state index < -0.39 is 69.6 Å². The zero-order chi connectivity index (χ0) is 24.1. The van der Waals surface area contributed by atoms with Crippen LogP contribution in [0.3, 0.4) is 0 Å². The topological polar surface area (TPSA) is 18.5 Å². The molecule has 29 heavy (non-hydrogen) atoms. The average molecular weight is 472 g/mol. The lowest BCUT2D eigenvalue weighted by molar-refractivity contribution is -0.283. The molecule has 0 aliphatic carbocycles. The molecule has 0 saturated carbocycles. The Kier molecular flexibility index (Phi) is 15.8. The second kappa shape index (κ2) is 14.0. The fraction of sp³-hybridized carbons (Fsp3) is 1.00. The van der Waals surface area contributed by atoms with Crippen LogP contribution in [0.25, 0.3) is 0 Å². The molecular weight excluding hydrogens is 454 g/mol. The fourth-order valence-corrected chi connectivity index (χ4v) is 1.07. The molecule has 0 aliphatic heterocycles. The summed E-state index contributed by atoms with van der Waals surface area (Å²) in [5.41, 5.74) is 0. The average Bonchev–Trinajstić information content (AvgIpc) is 2.52. The van der Waals surface area contributed by atoms with Crippen LogP contribution in [-0.2, 0) is 9.47 Å². The van der Waals surface area contributed by atoms with Gasteiger partial charge in [-0.25, -0.2) is 4.39 Å². The lowest BCUT2D eigenvalue weighted by Gasteiger charge is -2.23. The molecule has 2 unspecified atom stereocenters. The maximum absolute atomic E-state index is 12.3. The molecule has 0 aromatic carbocycles. The normalized spacial score (nSPS) is 14.9. The molecule has 0 heterocycles. The largest absolute Gasteiger partial charge is 0.417 e. The first-order valence-electron chi connectivity index (χ1n) is 7.27. The van der Waals surface area contributed by atoms with E-state index in [1.165, 1.54) is 0 Å². The summed E-state index contributed by atoms with van der Waals surface area (Å²) in [6, 6.07) is 0. The number of hydrogen-bond donors (Lipinski definition) is 0. The summed E-state index contributed by atoms with van der Waals surface area (Å²) in [7, 11) is 0.500. The maximum atomic E-state index is 12.3. The predicted octanol–water partition coefficient (Wildman–Crippen LogP) is 6.70. The lowest BCUT2D eigenvalue weighted by atomic mass is 10.2. The van der Waals surface area contributed by atoms with Crippen LogP contribution < -0.4 is 0 Å². The van der Waals surface area contributed by atoms with Crippen LogP contribution in [0.2, 0.25) is 0 Å².